The second-order valence-corrected chi connectivity index (χ2v) is 11.2. The highest BCUT2D eigenvalue weighted by Gasteiger charge is 2.30. The Morgan fingerprint density at radius 1 is 1.16 bits per heavy atom. The highest BCUT2D eigenvalue weighted by Crippen LogP contribution is 2.32. The van der Waals surface area contributed by atoms with Crippen LogP contribution in [0, 0.1) is 17.8 Å². The summed E-state index contributed by atoms with van der Waals surface area (Å²) in [7, 11) is 1.51. The van der Waals surface area contributed by atoms with Gasteiger partial charge in [0.05, 0.1) is 0 Å². The first-order valence-electron chi connectivity index (χ1n) is 12.7. The first-order chi connectivity index (χ1) is 17.6. The second kappa shape index (κ2) is 13.4. The molecule has 2 aromatic heterocycles. The number of aromatic nitrogens is 2. The van der Waals surface area contributed by atoms with Gasteiger partial charge in [-0.15, -0.1) is 11.3 Å². The third-order valence-corrected chi connectivity index (χ3v) is 6.79. The summed E-state index contributed by atoms with van der Waals surface area (Å²) in [6.45, 7) is 10.1. The Morgan fingerprint density at radius 3 is 2.54 bits per heavy atom. The van der Waals surface area contributed by atoms with Gasteiger partial charge in [0.15, 0.2) is 5.13 Å². The van der Waals surface area contributed by atoms with Crippen LogP contribution in [-0.2, 0) is 16.1 Å². The molecule has 0 aromatic carbocycles. The Morgan fingerprint density at radius 2 is 1.92 bits per heavy atom. The first kappa shape index (κ1) is 28.4. The van der Waals surface area contributed by atoms with Crippen LogP contribution in [-0.4, -0.2) is 59.0 Å². The number of carbonyl (C=O) groups is 3. The SMILES string of the molecule is CC(C)C[C@@H](C(=O)NNC(=O)c1csc(N(CC(C)C)CC2CC2)n1)N(C)C(=O)OCc1cccnc1. The molecule has 2 N–H and O–H groups in total. The van der Waals surface area contributed by atoms with E-state index in [4.69, 9.17) is 4.74 Å². The van der Waals surface area contributed by atoms with Gasteiger partial charge >= 0.3 is 6.09 Å². The van der Waals surface area contributed by atoms with Crippen LogP contribution in [0.15, 0.2) is 29.9 Å². The van der Waals surface area contributed by atoms with Crippen LogP contribution in [0.2, 0.25) is 0 Å². The maximum atomic E-state index is 13.0. The molecule has 1 atom stereocenters. The minimum atomic E-state index is -0.826. The predicted octanol–water partition coefficient (Wildman–Crippen LogP) is 3.85. The van der Waals surface area contributed by atoms with E-state index in [9.17, 15) is 14.4 Å². The third-order valence-electron chi connectivity index (χ3n) is 5.89. The van der Waals surface area contributed by atoms with Gasteiger partial charge in [0, 0.05) is 43.5 Å². The van der Waals surface area contributed by atoms with E-state index in [0.717, 1.165) is 23.8 Å². The average Bonchev–Trinajstić information content (AvgIpc) is 3.54. The molecule has 1 aliphatic carbocycles. The largest absolute Gasteiger partial charge is 0.444 e. The zero-order chi connectivity index (χ0) is 26.9. The number of nitrogens with zero attached hydrogens (tertiary/aromatic N) is 4. The summed E-state index contributed by atoms with van der Waals surface area (Å²) >= 11 is 1.43. The molecule has 10 nitrogen and oxygen atoms in total. The molecule has 1 aliphatic rings. The number of pyridine rings is 1. The zero-order valence-corrected chi connectivity index (χ0v) is 23.1. The first-order valence-corrected chi connectivity index (χ1v) is 13.6. The van der Waals surface area contributed by atoms with Gasteiger partial charge in [-0.1, -0.05) is 33.8 Å². The lowest BCUT2D eigenvalue weighted by Gasteiger charge is -2.27. The predicted molar refractivity (Wildman–Crippen MR) is 143 cm³/mol. The topological polar surface area (TPSA) is 117 Å². The standard InChI is InChI=1S/C26H38N6O4S/c1-17(2)11-22(31(5)26(35)36-15-20-7-6-10-27-12-20)24(34)30-29-23(33)21-16-37-25(28-21)32(13-18(3)4)14-19-8-9-19/h6-7,10,12,16-19,22H,8-9,11,13-15H2,1-5H3,(H,29,33)(H,30,34)/t22-/m0/s1. The van der Waals surface area contributed by atoms with Crippen LogP contribution >= 0.6 is 11.3 Å². The number of likely N-dealkylation sites (N-methyl/N-ethyl adjacent to an activating group) is 1. The van der Waals surface area contributed by atoms with Crippen molar-refractivity contribution >= 4 is 34.4 Å². The van der Waals surface area contributed by atoms with E-state index in [1.165, 1.54) is 36.1 Å². The van der Waals surface area contributed by atoms with Crippen molar-refractivity contribution < 1.29 is 19.1 Å². The molecule has 3 amide bonds. The van der Waals surface area contributed by atoms with Crippen LogP contribution in [0.1, 0.15) is 63.0 Å². The molecule has 0 aliphatic heterocycles. The Hall–Kier alpha value is -3.21. The maximum Gasteiger partial charge on any atom is 0.410 e. The van der Waals surface area contributed by atoms with Crippen molar-refractivity contribution in [2.24, 2.45) is 17.8 Å². The van der Waals surface area contributed by atoms with Crippen LogP contribution in [0.4, 0.5) is 9.93 Å². The van der Waals surface area contributed by atoms with E-state index in [1.807, 2.05) is 13.8 Å². The number of hydrazine groups is 1. The van der Waals surface area contributed by atoms with Crippen molar-refractivity contribution in [3.8, 4) is 0 Å². The van der Waals surface area contributed by atoms with Gasteiger partial charge < -0.3 is 9.64 Å². The normalized spacial score (nSPS) is 13.8. The highest BCUT2D eigenvalue weighted by atomic mass is 32.1. The number of nitrogens with one attached hydrogen (secondary N) is 2. The number of hydrogen-bond acceptors (Lipinski definition) is 8. The van der Waals surface area contributed by atoms with Crippen molar-refractivity contribution in [3.63, 3.8) is 0 Å². The summed E-state index contributed by atoms with van der Waals surface area (Å²) < 4.78 is 5.35. The van der Waals surface area contributed by atoms with Crippen LogP contribution in [0.3, 0.4) is 0 Å². The summed E-state index contributed by atoms with van der Waals surface area (Å²) in [6.07, 6.45) is 5.48. The molecule has 2 heterocycles. The number of ether oxygens (including phenoxy) is 1. The molecule has 1 fully saturated rings. The molecule has 2 aromatic rings. The van der Waals surface area contributed by atoms with Gasteiger partial charge in [0.25, 0.3) is 11.8 Å². The average molecular weight is 531 g/mol. The molecule has 1 saturated carbocycles. The molecule has 37 heavy (non-hydrogen) atoms. The monoisotopic (exact) mass is 530 g/mol. The number of hydrogen-bond donors (Lipinski definition) is 2. The minimum absolute atomic E-state index is 0.0461. The van der Waals surface area contributed by atoms with Crippen molar-refractivity contribution in [3.05, 3.63) is 41.2 Å². The van der Waals surface area contributed by atoms with E-state index in [2.05, 4.69) is 39.6 Å². The van der Waals surface area contributed by atoms with E-state index in [0.29, 0.717) is 18.3 Å². The van der Waals surface area contributed by atoms with Gasteiger partial charge in [0.1, 0.15) is 18.3 Å². The van der Waals surface area contributed by atoms with Crippen LogP contribution < -0.4 is 15.8 Å². The summed E-state index contributed by atoms with van der Waals surface area (Å²) in [5.74, 6) is 0.292. The molecule has 0 unspecified atom stereocenters. The minimum Gasteiger partial charge on any atom is -0.444 e. The summed E-state index contributed by atoms with van der Waals surface area (Å²) in [5.41, 5.74) is 5.90. The number of thiazole rings is 1. The Kier molecular flexibility index (Phi) is 10.2. The van der Waals surface area contributed by atoms with E-state index >= 15 is 0 Å². The summed E-state index contributed by atoms with van der Waals surface area (Å²) in [4.78, 5) is 50.4. The third kappa shape index (κ3) is 8.99. The fourth-order valence-corrected chi connectivity index (χ4v) is 4.63. The van der Waals surface area contributed by atoms with Crippen molar-refractivity contribution in [2.75, 3.05) is 25.0 Å². The lowest BCUT2D eigenvalue weighted by Crippen LogP contribution is -2.53. The van der Waals surface area contributed by atoms with Gasteiger partial charge in [-0.3, -0.25) is 30.3 Å². The van der Waals surface area contributed by atoms with E-state index in [1.54, 1.807) is 29.9 Å². The number of amides is 3. The van der Waals surface area contributed by atoms with Crippen molar-refractivity contribution in [1.82, 2.24) is 25.7 Å². The van der Waals surface area contributed by atoms with Gasteiger partial charge in [0.2, 0.25) is 0 Å². The van der Waals surface area contributed by atoms with Crippen molar-refractivity contribution in [2.45, 2.75) is 59.6 Å². The van der Waals surface area contributed by atoms with E-state index in [-0.39, 0.29) is 18.2 Å². The van der Waals surface area contributed by atoms with Crippen LogP contribution in [0.25, 0.3) is 0 Å². The number of rotatable bonds is 12. The van der Waals surface area contributed by atoms with Crippen molar-refractivity contribution in [1.29, 1.82) is 0 Å². The highest BCUT2D eigenvalue weighted by molar-refractivity contribution is 7.13. The molecular weight excluding hydrogens is 492 g/mol. The molecule has 202 valence electrons. The molecule has 0 bridgehead atoms. The maximum absolute atomic E-state index is 13.0. The fourth-order valence-electron chi connectivity index (χ4n) is 3.81. The summed E-state index contributed by atoms with van der Waals surface area (Å²) in [6, 6.07) is 2.73. The lowest BCUT2D eigenvalue weighted by molar-refractivity contribution is -0.127. The molecule has 0 radical (unpaired) electrons. The quantitative estimate of drug-likeness (QED) is 0.400. The molecule has 0 saturated heterocycles. The lowest BCUT2D eigenvalue weighted by atomic mass is 10.0. The number of anilines is 1. The molecule has 3 rings (SSSR count). The van der Waals surface area contributed by atoms with E-state index < -0.39 is 23.9 Å². The zero-order valence-electron chi connectivity index (χ0n) is 22.3. The molecular formula is C26H38N6O4S. The van der Waals surface area contributed by atoms with Crippen LogP contribution in [0.5, 0.6) is 0 Å². The second-order valence-electron chi connectivity index (χ2n) is 10.4. The molecule has 0 spiro atoms. The van der Waals surface area contributed by atoms with Gasteiger partial charge in [-0.2, -0.15) is 0 Å². The molecule has 11 heteroatoms. The fraction of sp³-hybridized carbons (Fsp3) is 0.577. The smallest absolute Gasteiger partial charge is 0.410 e. The Balaban J connectivity index is 1.57. The van der Waals surface area contributed by atoms with Gasteiger partial charge in [-0.05, 0) is 43.1 Å². The Bertz CT molecular complexity index is 1040. The Labute approximate surface area is 222 Å². The van der Waals surface area contributed by atoms with Gasteiger partial charge in [-0.25, -0.2) is 9.78 Å². The number of carbonyl (C=O) groups excluding carboxylic acids is 3. The summed E-state index contributed by atoms with van der Waals surface area (Å²) in [5, 5.41) is 2.51.